The number of nitrogens with one attached hydrogen (secondary N) is 1. The van der Waals surface area contributed by atoms with E-state index in [9.17, 15) is 0 Å². The lowest BCUT2D eigenvalue weighted by Gasteiger charge is -2.24. The Morgan fingerprint density at radius 2 is 2.06 bits per heavy atom. The van der Waals surface area contributed by atoms with E-state index in [0.717, 1.165) is 17.0 Å². The van der Waals surface area contributed by atoms with Crippen LogP contribution in [-0.4, -0.2) is 13.7 Å². The molecule has 92 valence electrons. The summed E-state index contributed by atoms with van der Waals surface area (Å²) in [7, 11) is 1.61. The van der Waals surface area contributed by atoms with E-state index in [4.69, 9.17) is 9.57 Å². The molecule has 0 fully saturated rings. The van der Waals surface area contributed by atoms with E-state index < -0.39 is 0 Å². The zero-order valence-corrected chi connectivity index (χ0v) is 10.8. The third-order valence-electron chi connectivity index (χ3n) is 2.88. The third kappa shape index (κ3) is 2.44. The number of rotatable bonds is 2. The number of hydrogen-bond acceptors (Lipinski definition) is 3. The van der Waals surface area contributed by atoms with Crippen molar-refractivity contribution in [1.82, 2.24) is 5.48 Å². The molecule has 1 N–H and O–H groups in total. The fourth-order valence-electron chi connectivity index (χ4n) is 1.86. The standard InChI is InChI=1S/C14H19NO2/c1-14(2,3)10-5-6-11-12(15-16-4)7-8-17-13(11)9-10/h5-7,9,15H,8H2,1-4H3. The normalized spacial score (nSPS) is 14.7. The minimum absolute atomic E-state index is 0.133. The maximum atomic E-state index is 5.66. The Balaban J connectivity index is 2.38. The Morgan fingerprint density at radius 1 is 1.29 bits per heavy atom. The summed E-state index contributed by atoms with van der Waals surface area (Å²) in [6.07, 6.45) is 1.97. The molecule has 0 saturated carbocycles. The van der Waals surface area contributed by atoms with Crippen LogP contribution in [0.2, 0.25) is 0 Å². The summed E-state index contributed by atoms with van der Waals surface area (Å²) in [5.41, 5.74) is 6.30. The average molecular weight is 233 g/mol. The number of fused-ring (bicyclic) bond motifs is 1. The molecule has 3 heteroatoms. The van der Waals surface area contributed by atoms with Crippen molar-refractivity contribution < 1.29 is 9.57 Å². The summed E-state index contributed by atoms with van der Waals surface area (Å²) >= 11 is 0. The molecule has 1 aliphatic rings. The van der Waals surface area contributed by atoms with E-state index >= 15 is 0 Å². The highest BCUT2D eigenvalue weighted by Gasteiger charge is 2.19. The van der Waals surface area contributed by atoms with Gasteiger partial charge in [0.15, 0.2) is 0 Å². The molecular formula is C14H19NO2. The molecular weight excluding hydrogens is 214 g/mol. The first-order valence-corrected chi connectivity index (χ1v) is 5.79. The zero-order chi connectivity index (χ0) is 12.5. The predicted molar refractivity (Wildman–Crippen MR) is 68.8 cm³/mol. The molecule has 1 heterocycles. The van der Waals surface area contributed by atoms with Gasteiger partial charge in [-0.15, -0.1) is 0 Å². The lowest BCUT2D eigenvalue weighted by Crippen LogP contribution is -2.17. The van der Waals surface area contributed by atoms with Gasteiger partial charge in [0.05, 0.1) is 12.8 Å². The van der Waals surface area contributed by atoms with Crippen LogP contribution in [0.3, 0.4) is 0 Å². The molecule has 0 spiro atoms. The number of hydrogen-bond donors (Lipinski definition) is 1. The van der Waals surface area contributed by atoms with Crippen LogP contribution in [0.25, 0.3) is 5.70 Å². The highest BCUT2D eigenvalue weighted by atomic mass is 16.6. The van der Waals surface area contributed by atoms with Crippen LogP contribution < -0.4 is 10.2 Å². The molecule has 0 unspecified atom stereocenters. The van der Waals surface area contributed by atoms with Gasteiger partial charge < -0.3 is 4.74 Å². The summed E-state index contributed by atoms with van der Waals surface area (Å²) in [6.45, 7) is 7.16. The van der Waals surface area contributed by atoms with Crippen molar-refractivity contribution in [2.45, 2.75) is 26.2 Å². The Labute approximate surface area is 102 Å². The van der Waals surface area contributed by atoms with E-state index in [1.54, 1.807) is 7.11 Å². The molecule has 0 aliphatic carbocycles. The Bertz CT molecular complexity index is 444. The monoisotopic (exact) mass is 233 g/mol. The third-order valence-corrected chi connectivity index (χ3v) is 2.88. The van der Waals surface area contributed by atoms with E-state index in [-0.39, 0.29) is 5.41 Å². The molecule has 0 atom stereocenters. The van der Waals surface area contributed by atoms with E-state index in [1.807, 2.05) is 6.08 Å². The Hall–Kier alpha value is -1.48. The number of benzene rings is 1. The van der Waals surface area contributed by atoms with Crippen LogP contribution in [0.1, 0.15) is 31.9 Å². The minimum Gasteiger partial charge on any atom is -0.489 e. The van der Waals surface area contributed by atoms with Crippen LogP contribution in [0, 0.1) is 0 Å². The molecule has 3 nitrogen and oxygen atoms in total. The van der Waals surface area contributed by atoms with Crippen molar-refractivity contribution in [3.05, 3.63) is 35.4 Å². The molecule has 0 amide bonds. The first-order valence-electron chi connectivity index (χ1n) is 5.79. The topological polar surface area (TPSA) is 30.5 Å². The minimum atomic E-state index is 0.133. The van der Waals surface area contributed by atoms with Gasteiger partial charge in [-0.3, -0.25) is 10.3 Å². The molecule has 1 aromatic carbocycles. The first-order chi connectivity index (χ1) is 8.02. The van der Waals surface area contributed by atoms with Crippen LogP contribution in [-0.2, 0) is 10.3 Å². The van der Waals surface area contributed by atoms with Crippen LogP contribution in [0.5, 0.6) is 5.75 Å². The van der Waals surface area contributed by atoms with Gasteiger partial charge in [-0.25, -0.2) is 0 Å². The van der Waals surface area contributed by atoms with Crippen molar-refractivity contribution in [1.29, 1.82) is 0 Å². The van der Waals surface area contributed by atoms with Gasteiger partial charge in [0.1, 0.15) is 12.4 Å². The first kappa shape index (κ1) is 12.0. The van der Waals surface area contributed by atoms with E-state index in [0.29, 0.717) is 6.61 Å². The maximum Gasteiger partial charge on any atom is 0.129 e. The summed E-state index contributed by atoms with van der Waals surface area (Å²) in [6, 6.07) is 6.32. The second-order valence-corrected chi connectivity index (χ2v) is 5.20. The summed E-state index contributed by atoms with van der Waals surface area (Å²) in [5, 5.41) is 0. The smallest absolute Gasteiger partial charge is 0.129 e. The lowest BCUT2D eigenvalue weighted by atomic mass is 9.86. The van der Waals surface area contributed by atoms with E-state index in [2.05, 4.69) is 44.5 Å². The summed E-state index contributed by atoms with van der Waals surface area (Å²) < 4.78 is 5.66. The molecule has 0 saturated heterocycles. The predicted octanol–water partition coefficient (Wildman–Crippen LogP) is 2.87. The molecule has 17 heavy (non-hydrogen) atoms. The van der Waals surface area contributed by atoms with Crippen molar-refractivity contribution in [3.8, 4) is 5.75 Å². The van der Waals surface area contributed by atoms with Gasteiger partial charge >= 0.3 is 0 Å². The van der Waals surface area contributed by atoms with Gasteiger partial charge in [0.25, 0.3) is 0 Å². The molecule has 1 aliphatic heterocycles. The Morgan fingerprint density at radius 3 is 2.71 bits per heavy atom. The molecule has 1 aromatic rings. The maximum absolute atomic E-state index is 5.66. The Kier molecular flexibility index (Phi) is 3.11. The van der Waals surface area contributed by atoms with Crippen molar-refractivity contribution in [2.24, 2.45) is 0 Å². The number of ether oxygens (including phenoxy) is 1. The van der Waals surface area contributed by atoms with Crippen molar-refractivity contribution >= 4 is 5.70 Å². The summed E-state index contributed by atoms with van der Waals surface area (Å²) in [4.78, 5) is 4.96. The largest absolute Gasteiger partial charge is 0.489 e. The fourth-order valence-corrected chi connectivity index (χ4v) is 1.86. The van der Waals surface area contributed by atoms with Gasteiger partial charge in [-0.1, -0.05) is 26.8 Å². The molecule has 0 bridgehead atoms. The highest BCUT2D eigenvalue weighted by Crippen LogP contribution is 2.33. The van der Waals surface area contributed by atoms with Gasteiger partial charge in [-0.05, 0) is 29.2 Å². The van der Waals surface area contributed by atoms with Crippen molar-refractivity contribution in [2.75, 3.05) is 13.7 Å². The molecule has 0 radical (unpaired) electrons. The lowest BCUT2D eigenvalue weighted by molar-refractivity contribution is 0.135. The number of hydroxylamine groups is 1. The van der Waals surface area contributed by atoms with Gasteiger partial charge in [0, 0.05) is 5.56 Å². The second kappa shape index (κ2) is 4.41. The fraction of sp³-hybridized carbons (Fsp3) is 0.429. The average Bonchev–Trinajstić information content (AvgIpc) is 2.28. The van der Waals surface area contributed by atoms with Crippen LogP contribution in [0.4, 0.5) is 0 Å². The SMILES string of the molecule is CONC1=CCOc2cc(C(C)(C)C)ccc21. The molecule has 2 rings (SSSR count). The van der Waals surface area contributed by atoms with Crippen LogP contribution >= 0.6 is 0 Å². The highest BCUT2D eigenvalue weighted by molar-refractivity contribution is 5.70. The van der Waals surface area contributed by atoms with Gasteiger partial charge in [0.2, 0.25) is 0 Å². The quantitative estimate of drug-likeness (QED) is 0.797. The van der Waals surface area contributed by atoms with E-state index in [1.165, 1.54) is 5.56 Å². The van der Waals surface area contributed by atoms with Gasteiger partial charge in [-0.2, -0.15) is 0 Å². The van der Waals surface area contributed by atoms with Crippen molar-refractivity contribution in [3.63, 3.8) is 0 Å². The summed E-state index contributed by atoms with van der Waals surface area (Å²) in [5.74, 6) is 0.916. The second-order valence-electron chi connectivity index (χ2n) is 5.20. The van der Waals surface area contributed by atoms with Crippen LogP contribution in [0.15, 0.2) is 24.3 Å². The molecule has 0 aromatic heterocycles. The zero-order valence-electron chi connectivity index (χ0n) is 10.8.